The molecule has 0 aromatic rings. The summed E-state index contributed by atoms with van der Waals surface area (Å²) in [6.07, 6.45) is 2.56. The molecular formula is C10H17NO. The fraction of sp³-hybridized carbons (Fsp3) is 1.00. The maximum absolute atomic E-state index is 10.3. The van der Waals surface area contributed by atoms with Gasteiger partial charge < -0.3 is 10.0 Å². The summed E-state index contributed by atoms with van der Waals surface area (Å²) in [4.78, 5) is 2.55. The summed E-state index contributed by atoms with van der Waals surface area (Å²) >= 11 is 0. The first-order valence-electron chi connectivity index (χ1n) is 5.11. The van der Waals surface area contributed by atoms with Gasteiger partial charge in [-0.25, -0.2) is 0 Å². The van der Waals surface area contributed by atoms with Gasteiger partial charge >= 0.3 is 0 Å². The highest BCUT2D eigenvalue weighted by Gasteiger charge is 2.53. The molecule has 3 saturated heterocycles. The number of aliphatic hydroxyl groups is 1. The Labute approximate surface area is 73.6 Å². The van der Waals surface area contributed by atoms with Crippen LogP contribution in [-0.4, -0.2) is 35.2 Å². The molecule has 4 rings (SSSR count). The maximum atomic E-state index is 10.3. The lowest BCUT2D eigenvalue weighted by atomic mass is 9.60. The molecule has 0 radical (unpaired) electrons. The van der Waals surface area contributed by atoms with Crippen LogP contribution in [0, 0.1) is 17.8 Å². The molecular weight excluding hydrogens is 150 g/mol. The van der Waals surface area contributed by atoms with Crippen molar-refractivity contribution in [2.45, 2.75) is 25.4 Å². The first kappa shape index (κ1) is 7.34. The van der Waals surface area contributed by atoms with Gasteiger partial charge in [0.1, 0.15) is 0 Å². The number of hydrogen-bond acceptors (Lipinski definition) is 2. The normalized spacial score (nSPS) is 62.5. The maximum Gasteiger partial charge on any atom is 0.0700 e. The molecule has 2 unspecified atom stereocenters. The molecule has 1 saturated carbocycles. The van der Waals surface area contributed by atoms with Crippen LogP contribution in [0.25, 0.3) is 0 Å². The van der Waals surface area contributed by atoms with E-state index in [1.807, 2.05) is 0 Å². The van der Waals surface area contributed by atoms with E-state index in [4.69, 9.17) is 0 Å². The monoisotopic (exact) mass is 167 g/mol. The second-order valence-corrected chi connectivity index (χ2v) is 5.18. The summed E-state index contributed by atoms with van der Waals surface area (Å²) < 4.78 is 0. The topological polar surface area (TPSA) is 23.5 Å². The van der Waals surface area contributed by atoms with E-state index in [2.05, 4.69) is 11.8 Å². The molecule has 0 aromatic heterocycles. The fourth-order valence-electron chi connectivity index (χ4n) is 3.59. The minimum Gasteiger partial charge on any atom is -0.390 e. The minimum atomic E-state index is -0.340. The van der Waals surface area contributed by atoms with Gasteiger partial charge in [0.15, 0.2) is 0 Å². The molecule has 1 N–H and O–H groups in total. The molecule has 4 fully saturated rings. The predicted molar refractivity (Wildman–Crippen MR) is 46.8 cm³/mol. The van der Waals surface area contributed by atoms with E-state index in [0.717, 1.165) is 19.0 Å². The van der Waals surface area contributed by atoms with Crippen LogP contribution in [0.5, 0.6) is 0 Å². The molecule has 4 bridgehead atoms. The summed E-state index contributed by atoms with van der Waals surface area (Å²) in [6, 6.07) is 0. The molecule has 68 valence electrons. The van der Waals surface area contributed by atoms with Gasteiger partial charge in [-0.2, -0.15) is 0 Å². The first-order valence-corrected chi connectivity index (χ1v) is 5.11. The third kappa shape index (κ3) is 0.775. The van der Waals surface area contributed by atoms with Crippen LogP contribution in [-0.2, 0) is 0 Å². The molecule has 2 atom stereocenters. The van der Waals surface area contributed by atoms with Crippen molar-refractivity contribution in [1.82, 2.24) is 4.90 Å². The van der Waals surface area contributed by atoms with Gasteiger partial charge in [-0.15, -0.1) is 0 Å². The van der Waals surface area contributed by atoms with Crippen LogP contribution in [0.2, 0.25) is 0 Å². The van der Waals surface area contributed by atoms with E-state index in [9.17, 15) is 5.11 Å². The number of hydrogen-bond donors (Lipinski definition) is 1. The second kappa shape index (κ2) is 2.05. The highest BCUT2D eigenvalue weighted by Crippen LogP contribution is 2.48. The lowest BCUT2D eigenvalue weighted by molar-refractivity contribution is -0.172. The highest BCUT2D eigenvalue weighted by molar-refractivity contribution is 5.05. The van der Waals surface area contributed by atoms with Crippen molar-refractivity contribution in [3.05, 3.63) is 0 Å². The van der Waals surface area contributed by atoms with Crippen molar-refractivity contribution >= 4 is 0 Å². The van der Waals surface area contributed by atoms with E-state index in [1.54, 1.807) is 0 Å². The minimum absolute atomic E-state index is 0.340. The highest BCUT2D eigenvalue weighted by atomic mass is 16.3. The summed E-state index contributed by atoms with van der Waals surface area (Å²) in [7, 11) is 0. The Morgan fingerprint density at radius 3 is 2.25 bits per heavy atom. The van der Waals surface area contributed by atoms with Crippen LogP contribution in [0.15, 0.2) is 0 Å². The molecule has 0 aromatic carbocycles. The summed E-state index contributed by atoms with van der Waals surface area (Å²) in [5.74, 6) is 2.05. The Hall–Kier alpha value is -0.0800. The molecule has 4 aliphatic rings. The Bertz CT molecular complexity index is 182. The smallest absolute Gasteiger partial charge is 0.0700 e. The van der Waals surface area contributed by atoms with Gasteiger partial charge in [-0.1, -0.05) is 0 Å². The average Bonchev–Trinajstić information content (AvgIpc) is 1.99. The molecule has 1 aliphatic carbocycles. The van der Waals surface area contributed by atoms with Crippen LogP contribution in [0.4, 0.5) is 0 Å². The van der Waals surface area contributed by atoms with E-state index in [-0.39, 0.29) is 5.60 Å². The number of piperidine rings is 3. The largest absolute Gasteiger partial charge is 0.390 e. The van der Waals surface area contributed by atoms with Gasteiger partial charge in [-0.3, -0.25) is 0 Å². The van der Waals surface area contributed by atoms with Crippen molar-refractivity contribution in [3.8, 4) is 0 Å². The Balaban J connectivity index is 1.96. The van der Waals surface area contributed by atoms with Crippen LogP contribution in [0.3, 0.4) is 0 Å². The number of rotatable bonds is 0. The van der Waals surface area contributed by atoms with E-state index >= 15 is 0 Å². The quantitative estimate of drug-likeness (QED) is 0.574. The van der Waals surface area contributed by atoms with Crippen LogP contribution in [0.1, 0.15) is 19.8 Å². The van der Waals surface area contributed by atoms with Gasteiger partial charge in [0, 0.05) is 31.5 Å². The van der Waals surface area contributed by atoms with Crippen LogP contribution >= 0.6 is 0 Å². The zero-order valence-corrected chi connectivity index (χ0v) is 7.66. The van der Waals surface area contributed by atoms with Crippen molar-refractivity contribution in [3.63, 3.8) is 0 Å². The third-order valence-electron chi connectivity index (χ3n) is 4.36. The van der Waals surface area contributed by atoms with Gasteiger partial charge in [-0.05, 0) is 25.7 Å². The Morgan fingerprint density at radius 1 is 1.17 bits per heavy atom. The predicted octanol–water partition coefficient (Wildman–Crippen LogP) is 0.709. The Morgan fingerprint density at radius 2 is 1.75 bits per heavy atom. The molecule has 0 amide bonds. The zero-order chi connectivity index (χ0) is 8.34. The molecule has 3 heterocycles. The van der Waals surface area contributed by atoms with E-state index < -0.39 is 0 Å². The summed E-state index contributed by atoms with van der Waals surface area (Å²) in [5, 5.41) is 10.3. The zero-order valence-electron chi connectivity index (χ0n) is 7.66. The van der Waals surface area contributed by atoms with E-state index in [0.29, 0.717) is 11.8 Å². The Kier molecular flexibility index (Phi) is 1.25. The first-order chi connectivity index (χ1) is 5.66. The third-order valence-corrected chi connectivity index (χ3v) is 4.36. The van der Waals surface area contributed by atoms with Gasteiger partial charge in [0.25, 0.3) is 0 Å². The van der Waals surface area contributed by atoms with Crippen molar-refractivity contribution in [1.29, 1.82) is 0 Å². The lowest BCUT2D eigenvalue weighted by Crippen LogP contribution is -2.65. The van der Waals surface area contributed by atoms with E-state index in [1.165, 1.54) is 19.4 Å². The number of nitrogens with zero attached hydrogens (tertiary/aromatic N) is 1. The van der Waals surface area contributed by atoms with Crippen molar-refractivity contribution in [2.24, 2.45) is 17.8 Å². The van der Waals surface area contributed by atoms with Crippen molar-refractivity contribution in [2.75, 3.05) is 19.6 Å². The average molecular weight is 167 g/mol. The summed E-state index contributed by atoms with van der Waals surface area (Å²) in [6.45, 7) is 5.67. The summed E-state index contributed by atoms with van der Waals surface area (Å²) in [5.41, 5.74) is -0.340. The van der Waals surface area contributed by atoms with Crippen LogP contribution < -0.4 is 0 Å². The van der Waals surface area contributed by atoms with Crippen molar-refractivity contribution < 1.29 is 5.11 Å². The molecule has 2 nitrogen and oxygen atoms in total. The van der Waals surface area contributed by atoms with Gasteiger partial charge in [0.05, 0.1) is 5.60 Å². The molecule has 12 heavy (non-hydrogen) atoms. The van der Waals surface area contributed by atoms with Gasteiger partial charge in [0.2, 0.25) is 0 Å². The molecule has 2 heteroatoms. The molecule has 3 aliphatic heterocycles. The second-order valence-electron chi connectivity index (χ2n) is 5.18. The SMILES string of the molecule is CC1(O)C2CC3CC1CN(C3)C2. The standard InChI is InChI=1S/C10H17NO/c1-10(12)8-2-7-3-9(10)6-11(4-7)5-8/h7-9,12H,2-6H2,1H3. The molecule has 0 spiro atoms. The fourth-order valence-corrected chi connectivity index (χ4v) is 3.59. The lowest BCUT2D eigenvalue weighted by Gasteiger charge is -2.59.